The minimum absolute atomic E-state index is 0.209. The fraction of sp³-hybridized carbons (Fsp3) is 0.533. The summed E-state index contributed by atoms with van der Waals surface area (Å²) in [6.07, 6.45) is 2.35. The summed E-state index contributed by atoms with van der Waals surface area (Å²) in [5, 5.41) is 10.0. The van der Waals surface area contributed by atoms with Crippen molar-refractivity contribution in [1.29, 1.82) is 0 Å². The number of hydrogen-bond acceptors (Lipinski definition) is 3. The molecule has 4 nitrogen and oxygen atoms in total. The van der Waals surface area contributed by atoms with Gasteiger partial charge in [0.25, 0.3) is 0 Å². The van der Waals surface area contributed by atoms with Gasteiger partial charge in [0.2, 0.25) is 0 Å². The standard InChI is InChI=1S/C15H25O4P/c1-3-8-13(15(16)17)12-20(18,19-11-4-2)14-9-6-5-7-10-14/h5-7,9-10,13,18,20H,3-4,8,11-12H2,1-2H3,(H,16,17). The normalized spacial score (nSPS) is 13.9. The fourth-order valence-corrected chi connectivity index (χ4v) is 5.05. The van der Waals surface area contributed by atoms with Crippen LogP contribution in [0.5, 0.6) is 0 Å². The van der Waals surface area contributed by atoms with Crippen LogP contribution in [0.4, 0.5) is 0 Å². The van der Waals surface area contributed by atoms with Crippen molar-refractivity contribution in [3.05, 3.63) is 30.3 Å². The van der Waals surface area contributed by atoms with Gasteiger partial charge in [0.15, 0.2) is 0 Å². The second-order valence-corrected chi connectivity index (χ2v) is 7.87. The molecule has 0 aliphatic rings. The Morgan fingerprint density at radius 2 is 1.90 bits per heavy atom. The van der Waals surface area contributed by atoms with Gasteiger partial charge >= 0.3 is 120 Å². The molecule has 0 saturated carbocycles. The second-order valence-electron chi connectivity index (χ2n) is 5.03. The molecule has 0 aromatic heterocycles. The molecule has 2 N–H and O–H groups in total. The summed E-state index contributed by atoms with van der Waals surface area (Å²) < 4.78 is 5.72. The molecule has 0 aliphatic heterocycles. The van der Waals surface area contributed by atoms with E-state index in [-0.39, 0.29) is 6.16 Å². The Bertz CT molecular complexity index is 410. The number of benzene rings is 1. The van der Waals surface area contributed by atoms with Crippen molar-refractivity contribution < 1.29 is 19.3 Å². The first-order valence-electron chi connectivity index (χ1n) is 7.18. The quantitative estimate of drug-likeness (QED) is 0.688. The Kier molecular flexibility index (Phi) is 7.14. The number of carbonyl (C=O) groups is 1. The minimum atomic E-state index is -3.19. The molecule has 1 atom stereocenters. The summed E-state index contributed by atoms with van der Waals surface area (Å²) in [5.41, 5.74) is 0. The monoisotopic (exact) mass is 300 g/mol. The van der Waals surface area contributed by atoms with Crippen molar-refractivity contribution in [1.82, 2.24) is 0 Å². The van der Waals surface area contributed by atoms with Crippen molar-refractivity contribution in [3.8, 4) is 0 Å². The summed E-state index contributed by atoms with van der Waals surface area (Å²) in [6, 6.07) is 9.22. The van der Waals surface area contributed by atoms with E-state index in [1.54, 1.807) is 0 Å². The molecule has 0 fully saturated rings. The predicted molar refractivity (Wildman–Crippen MR) is 83.8 cm³/mol. The van der Waals surface area contributed by atoms with Crippen molar-refractivity contribution in [2.75, 3.05) is 12.8 Å². The van der Waals surface area contributed by atoms with Crippen LogP contribution in [0.25, 0.3) is 0 Å². The molecule has 1 aromatic carbocycles. The molecule has 0 spiro atoms. The van der Waals surface area contributed by atoms with E-state index in [2.05, 4.69) is 0 Å². The molecule has 5 heteroatoms. The van der Waals surface area contributed by atoms with E-state index in [0.29, 0.717) is 13.0 Å². The molecule has 0 bridgehead atoms. The summed E-state index contributed by atoms with van der Waals surface area (Å²) in [5.74, 6) is -1.40. The molecular weight excluding hydrogens is 275 g/mol. The fourth-order valence-electron chi connectivity index (χ4n) is 2.22. The van der Waals surface area contributed by atoms with Gasteiger partial charge in [0, 0.05) is 0 Å². The molecule has 0 saturated heterocycles. The third kappa shape index (κ3) is 4.86. The zero-order valence-electron chi connectivity index (χ0n) is 12.2. The van der Waals surface area contributed by atoms with E-state index in [1.807, 2.05) is 44.2 Å². The van der Waals surface area contributed by atoms with Gasteiger partial charge in [-0.15, -0.1) is 0 Å². The van der Waals surface area contributed by atoms with Crippen LogP contribution >= 0.6 is 7.72 Å². The first-order valence-corrected chi connectivity index (χ1v) is 9.24. The number of rotatable bonds is 9. The predicted octanol–water partition coefficient (Wildman–Crippen LogP) is 2.81. The third-order valence-electron chi connectivity index (χ3n) is 3.28. The molecule has 0 amide bonds. The molecule has 20 heavy (non-hydrogen) atoms. The van der Waals surface area contributed by atoms with Gasteiger partial charge < -0.3 is 0 Å². The van der Waals surface area contributed by atoms with Gasteiger partial charge in [0.05, 0.1) is 0 Å². The van der Waals surface area contributed by atoms with Gasteiger partial charge in [-0.05, 0) is 0 Å². The molecule has 114 valence electrons. The number of carboxylic acids is 1. The summed E-state index contributed by atoms with van der Waals surface area (Å²) >= 11 is 0. The average Bonchev–Trinajstić information content (AvgIpc) is 2.45. The number of aliphatic carboxylic acids is 1. The number of hydrogen-bond donors (Lipinski definition) is 2. The Morgan fingerprint density at radius 1 is 1.25 bits per heavy atom. The van der Waals surface area contributed by atoms with E-state index >= 15 is 0 Å². The molecular formula is C15H25O4P. The molecule has 1 rings (SSSR count). The van der Waals surface area contributed by atoms with Crippen LogP contribution in [-0.4, -0.2) is 28.7 Å². The van der Waals surface area contributed by atoms with Gasteiger partial charge in [-0.25, -0.2) is 0 Å². The van der Waals surface area contributed by atoms with E-state index < -0.39 is 19.6 Å². The number of carboxylic acid groups (broad SMARTS) is 1. The van der Waals surface area contributed by atoms with E-state index in [1.165, 1.54) is 0 Å². The molecule has 1 unspecified atom stereocenters. The van der Waals surface area contributed by atoms with Crippen LogP contribution in [0.1, 0.15) is 33.1 Å². The maximum atomic E-state index is 11.3. The van der Waals surface area contributed by atoms with Crippen molar-refractivity contribution in [2.45, 2.75) is 33.1 Å². The average molecular weight is 300 g/mol. The second kappa shape index (κ2) is 8.35. The topological polar surface area (TPSA) is 66.8 Å². The van der Waals surface area contributed by atoms with E-state index in [9.17, 15) is 14.8 Å². The van der Waals surface area contributed by atoms with Crippen LogP contribution in [0, 0.1) is 5.92 Å². The van der Waals surface area contributed by atoms with Crippen LogP contribution in [0.15, 0.2) is 30.3 Å². The van der Waals surface area contributed by atoms with Crippen LogP contribution in [0.2, 0.25) is 0 Å². The van der Waals surface area contributed by atoms with Crippen molar-refractivity contribution in [3.63, 3.8) is 0 Å². The Balaban J connectivity index is 2.95. The Labute approximate surface area is 121 Å². The molecule has 0 aliphatic carbocycles. The van der Waals surface area contributed by atoms with Crippen molar-refractivity contribution in [2.24, 2.45) is 5.92 Å². The zero-order chi connectivity index (χ0) is 15.0. The zero-order valence-corrected chi connectivity index (χ0v) is 13.2. The molecule has 0 radical (unpaired) electrons. The SMILES string of the molecule is CCCO[PH](O)(CC(CCC)C(=O)O)c1ccccc1. The van der Waals surface area contributed by atoms with Crippen LogP contribution in [0.3, 0.4) is 0 Å². The van der Waals surface area contributed by atoms with Gasteiger partial charge in [-0.2, -0.15) is 0 Å². The van der Waals surface area contributed by atoms with Gasteiger partial charge in [0.1, 0.15) is 0 Å². The Morgan fingerprint density at radius 3 is 2.40 bits per heavy atom. The molecule has 0 heterocycles. The maximum absolute atomic E-state index is 11.3. The van der Waals surface area contributed by atoms with Gasteiger partial charge in [-0.3, -0.25) is 0 Å². The Hall–Kier alpha value is -0.960. The first-order chi connectivity index (χ1) is 9.53. The first kappa shape index (κ1) is 17.1. The van der Waals surface area contributed by atoms with Crippen molar-refractivity contribution >= 4 is 19.0 Å². The van der Waals surface area contributed by atoms with Crippen LogP contribution < -0.4 is 5.30 Å². The van der Waals surface area contributed by atoms with E-state index in [0.717, 1.165) is 18.1 Å². The van der Waals surface area contributed by atoms with Gasteiger partial charge in [-0.1, -0.05) is 0 Å². The third-order valence-corrected chi connectivity index (χ3v) is 6.24. The summed E-state index contributed by atoms with van der Waals surface area (Å²) in [6.45, 7) is 4.38. The van der Waals surface area contributed by atoms with E-state index in [4.69, 9.17) is 4.52 Å². The molecule has 1 aromatic rings. The summed E-state index contributed by atoms with van der Waals surface area (Å²) in [7, 11) is -3.19. The van der Waals surface area contributed by atoms with Crippen LogP contribution in [-0.2, 0) is 9.32 Å². The summed E-state index contributed by atoms with van der Waals surface area (Å²) in [4.78, 5) is 22.2.